The van der Waals surface area contributed by atoms with Gasteiger partial charge >= 0.3 is 0 Å². The van der Waals surface area contributed by atoms with E-state index >= 15 is 0 Å². The summed E-state index contributed by atoms with van der Waals surface area (Å²) in [7, 11) is 1.80. The molecule has 2 aromatic carbocycles. The smallest absolute Gasteiger partial charge is 0.191 e. The van der Waals surface area contributed by atoms with Crippen LogP contribution in [-0.4, -0.2) is 56.3 Å². The van der Waals surface area contributed by atoms with Crippen LogP contribution in [0, 0.1) is 0 Å². The number of nitrogens with zero attached hydrogens (tertiary/aromatic N) is 2. The Balaban J connectivity index is 1.43. The molecule has 0 bridgehead atoms. The minimum absolute atomic E-state index is 0.0408. The normalized spacial score (nSPS) is 15.6. The predicted molar refractivity (Wildman–Crippen MR) is 122 cm³/mol. The molecule has 0 radical (unpaired) electrons. The molecule has 1 fully saturated rings. The molecular weight excluding hydrogens is 376 g/mol. The summed E-state index contributed by atoms with van der Waals surface area (Å²) in [5.41, 5.74) is 2.38. The van der Waals surface area contributed by atoms with Crippen LogP contribution in [0.15, 0.2) is 59.6 Å². The second-order valence-electron chi connectivity index (χ2n) is 8.11. The van der Waals surface area contributed by atoms with Crippen LogP contribution >= 0.6 is 0 Å². The molecule has 2 aromatic rings. The Labute approximate surface area is 180 Å². The fourth-order valence-corrected chi connectivity index (χ4v) is 3.43. The van der Waals surface area contributed by atoms with Crippen molar-refractivity contribution in [2.75, 3.05) is 39.9 Å². The number of ether oxygens (including phenoxy) is 2. The maximum absolute atomic E-state index is 5.86. The summed E-state index contributed by atoms with van der Waals surface area (Å²) < 4.78 is 11.3. The Kier molecular flexibility index (Phi) is 8.11. The molecule has 6 nitrogen and oxygen atoms in total. The Morgan fingerprint density at radius 1 is 1.00 bits per heavy atom. The second kappa shape index (κ2) is 11.0. The number of hydrogen-bond donors (Lipinski definition) is 2. The molecule has 0 atom stereocenters. The van der Waals surface area contributed by atoms with Crippen molar-refractivity contribution in [2.45, 2.75) is 32.5 Å². The summed E-state index contributed by atoms with van der Waals surface area (Å²) in [4.78, 5) is 6.82. The first-order valence-corrected chi connectivity index (χ1v) is 10.6. The summed E-state index contributed by atoms with van der Waals surface area (Å²) in [6.45, 7) is 10.2. The number of morpholine rings is 1. The Hall–Kier alpha value is -2.57. The van der Waals surface area contributed by atoms with Crippen molar-refractivity contribution in [2.24, 2.45) is 4.99 Å². The highest BCUT2D eigenvalue weighted by atomic mass is 16.5. The van der Waals surface area contributed by atoms with Crippen molar-refractivity contribution in [3.63, 3.8) is 0 Å². The third-order valence-electron chi connectivity index (χ3n) is 5.41. The number of nitrogens with one attached hydrogen (secondary N) is 2. The van der Waals surface area contributed by atoms with Crippen molar-refractivity contribution >= 4 is 5.96 Å². The van der Waals surface area contributed by atoms with Crippen LogP contribution in [0.3, 0.4) is 0 Å². The van der Waals surface area contributed by atoms with Gasteiger partial charge in [-0.2, -0.15) is 0 Å². The van der Waals surface area contributed by atoms with Crippen molar-refractivity contribution in [1.82, 2.24) is 15.5 Å². The van der Waals surface area contributed by atoms with Crippen LogP contribution in [-0.2, 0) is 17.9 Å². The third-order valence-corrected chi connectivity index (χ3v) is 5.41. The number of aliphatic imine (C=N–C) groups is 1. The van der Waals surface area contributed by atoms with E-state index < -0.39 is 0 Å². The zero-order valence-electron chi connectivity index (χ0n) is 18.4. The molecule has 1 heterocycles. The van der Waals surface area contributed by atoms with Gasteiger partial charge in [-0.05, 0) is 37.1 Å². The van der Waals surface area contributed by atoms with Gasteiger partial charge in [-0.15, -0.1) is 0 Å². The van der Waals surface area contributed by atoms with E-state index in [4.69, 9.17) is 9.47 Å². The topological polar surface area (TPSA) is 58.1 Å². The molecule has 6 heteroatoms. The van der Waals surface area contributed by atoms with E-state index in [9.17, 15) is 0 Å². The van der Waals surface area contributed by atoms with Gasteiger partial charge in [0.05, 0.1) is 13.2 Å². The zero-order chi connectivity index (χ0) is 21.2. The highest BCUT2D eigenvalue weighted by Gasteiger charge is 2.28. The summed E-state index contributed by atoms with van der Waals surface area (Å²) in [6.07, 6.45) is 0. The maximum Gasteiger partial charge on any atom is 0.191 e. The van der Waals surface area contributed by atoms with Crippen molar-refractivity contribution in [3.8, 4) is 5.75 Å². The third kappa shape index (κ3) is 6.75. The molecular formula is C24H34N4O2. The lowest BCUT2D eigenvalue weighted by molar-refractivity contribution is -0.00834. The molecule has 0 amide bonds. The van der Waals surface area contributed by atoms with Crippen LogP contribution in [0.5, 0.6) is 5.75 Å². The molecule has 0 aromatic heterocycles. The second-order valence-corrected chi connectivity index (χ2v) is 8.11. The highest BCUT2D eigenvalue weighted by Crippen LogP contribution is 2.16. The van der Waals surface area contributed by atoms with Crippen LogP contribution in [0.2, 0.25) is 0 Å². The fourth-order valence-electron chi connectivity index (χ4n) is 3.43. The van der Waals surface area contributed by atoms with Crippen LogP contribution < -0.4 is 15.4 Å². The largest absolute Gasteiger partial charge is 0.489 e. The van der Waals surface area contributed by atoms with Gasteiger partial charge in [-0.1, -0.05) is 42.5 Å². The number of rotatable bonds is 8. The first kappa shape index (κ1) is 22.1. The van der Waals surface area contributed by atoms with Crippen LogP contribution in [0.4, 0.5) is 0 Å². The van der Waals surface area contributed by atoms with E-state index in [2.05, 4.69) is 58.6 Å². The molecule has 0 spiro atoms. The SMILES string of the molecule is CN=C(NCc1ccc(OCc2ccccc2)cc1)NCC(C)(C)N1CCOCC1. The zero-order valence-corrected chi connectivity index (χ0v) is 18.4. The van der Waals surface area contributed by atoms with Crippen molar-refractivity contribution in [1.29, 1.82) is 0 Å². The van der Waals surface area contributed by atoms with Gasteiger partial charge in [0.15, 0.2) is 5.96 Å². The van der Waals surface area contributed by atoms with Crippen LogP contribution in [0.1, 0.15) is 25.0 Å². The monoisotopic (exact) mass is 410 g/mol. The van der Waals surface area contributed by atoms with Gasteiger partial charge in [0, 0.05) is 38.8 Å². The average molecular weight is 411 g/mol. The summed E-state index contributed by atoms with van der Waals surface area (Å²) in [6, 6.07) is 18.4. The Morgan fingerprint density at radius 3 is 2.37 bits per heavy atom. The van der Waals surface area contributed by atoms with E-state index in [0.717, 1.165) is 50.1 Å². The summed E-state index contributed by atoms with van der Waals surface area (Å²) in [5.74, 6) is 1.68. The maximum atomic E-state index is 5.86. The first-order chi connectivity index (χ1) is 14.6. The fraction of sp³-hybridized carbons (Fsp3) is 0.458. The van der Waals surface area contributed by atoms with Gasteiger partial charge < -0.3 is 20.1 Å². The lowest BCUT2D eigenvalue weighted by Gasteiger charge is -2.41. The molecule has 0 aliphatic carbocycles. The van der Waals surface area contributed by atoms with Gasteiger partial charge in [0.1, 0.15) is 12.4 Å². The Bertz CT molecular complexity index is 785. The van der Waals surface area contributed by atoms with Gasteiger partial charge in [-0.25, -0.2) is 0 Å². The van der Waals surface area contributed by atoms with Crippen molar-refractivity contribution < 1.29 is 9.47 Å². The van der Waals surface area contributed by atoms with E-state index in [1.165, 1.54) is 5.56 Å². The number of guanidine groups is 1. The summed E-state index contributed by atoms with van der Waals surface area (Å²) >= 11 is 0. The number of benzene rings is 2. The number of hydrogen-bond acceptors (Lipinski definition) is 4. The molecule has 0 saturated carbocycles. The minimum Gasteiger partial charge on any atom is -0.489 e. The first-order valence-electron chi connectivity index (χ1n) is 10.6. The van der Waals surface area contributed by atoms with E-state index in [1.807, 2.05) is 30.3 Å². The van der Waals surface area contributed by atoms with Gasteiger partial charge in [0.25, 0.3) is 0 Å². The van der Waals surface area contributed by atoms with Gasteiger partial charge in [-0.3, -0.25) is 9.89 Å². The van der Waals surface area contributed by atoms with Crippen LogP contribution in [0.25, 0.3) is 0 Å². The molecule has 162 valence electrons. The predicted octanol–water partition coefficient (Wildman–Crippen LogP) is 3.04. The molecule has 3 rings (SSSR count). The standard InChI is InChI=1S/C24H34N4O2/c1-24(2,28-13-15-29-16-14-28)19-27-23(25-3)26-17-20-9-11-22(12-10-20)30-18-21-7-5-4-6-8-21/h4-12H,13-19H2,1-3H3,(H2,25,26,27). The molecule has 2 N–H and O–H groups in total. The molecule has 1 saturated heterocycles. The molecule has 30 heavy (non-hydrogen) atoms. The molecule has 1 aliphatic heterocycles. The summed E-state index contributed by atoms with van der Waals surface area (Å²) in [5, 5.41) is 6.85. The quantitative estimate of drug-likeness (QED) is 0.518. The minimum atomic E-state index is 0.0408. The van der Waals surface area contributed by atoms with E-state index in [-0.39, 0.29) is 5.54 Å². The average Bonchev–Trinajstić information content (AvgIpc) is 2.80. The van der Waals surface area contributed by atoms with Gasteiger partial charge in [0.2, 0.25) is 0 Å². The Morgan fingerprint density at radius 2 is 1.70 bits per heavy atom. The lowest BCUT2D eigenvalue weighted by Crippen LogP contribution is -2.56. The van der Waals surface area contributed by atoms with E-state index in [0.29, 0.717) is 13.2 Å². The lowest BCUT2D eigenvalue weighted by atomic mass is 10.0. The molecule has 0 unspecified atom stereocenters. The van der Waals surface area contributed by atoms with Crippen molar-refractivity contribution in [3.05, 3.63) is 65.7 Å². The van der Waals surface area contributed by atoms with E-state index in [1.54, 1.807) is 7.05 Å². The highest BCUT2D eigenvalue weighted by molar-refractivity contribution is 5.79. The molecule has 1 aliphatic rings.